The minimum Gasteiger partial charge on any atom is -0.478 e. The lowest BCUT2D eigenvalue weighted by molar-refractivity contribution is -0.687. The zero-order chi connectivity index (χ0) is 31.2. The van der Waals surface area contributed by atoms with Crippen LogP contribution in [0.5, 0.6) is 0 Å². The van der Waals surface area contributed by atoms with Gasteiger partial charge in [-0.3, -0.25) is 24.1 Å². The summed E-state index contributed by atoms with van der Waals surface area (Å²) in [6.45, 7) is 1.22. The van der Waals surface area contributed by atoms with Crippen LogP contribution in [-0.2, 0) is 30.6 Å². The Bertz CT molecular complexity index is 1880. The van der Waals surface area contributed by atoms with E-state index < -0.39 is 58.1 Å². The topological polar surface area (TPSA) is 254 Å². The minimum absolute atomic E-state index is 0.00629. The highest BCUT2D eigenvalue weighted by Crippen LogP contribution is 2.40. The second kappa shape index (κ2) is 11.5. The lowest BCUT2D eigenvalue weighted by atomic mass is 10.0. The normalized spacial score (nSPS) is 19.1. The molecule has 3 aromatic heterocycles. The van der Waals surface area contributed by atoms with Crippen LogP contribution >= 0.6 is 34.7 Å². The fourth-order valence-electron chi connectivity index (χ4n) is 4.27. The maximum Gasteiger partial charge on any atom is 0.352 e. The van der Waals surface area contributed by atoms with Gasteiger partial charge < -0.3 is 36.1 Å². The number of aromatic nitrogens is 4. The van der Waals surface area contributed by atoms with Crippen LogP contribution in [0.15, 0.2) is 44.5 Å². The number of nitrogen functional groups attached to an aromatic ring is 1. The largest absolute Gasteiger partial charge is 0.478 e. The smallest absolute Gasteiger partial charge is 0.352 e. The number of carboxylic acids is 2. The number of halogens is 1. The molecule has 2 aliphatic heterocycles. The van der Waals surface area contributed by atoms with Crippen LogP contribution in [0.1, 0.15) is 12.6 Å². The number of carbonyl (C=O) groups excluding carboxylic acids is 2. The van der Waals surface area contributed by atoms with Crippen LogP contribution in [-0.4, -0.2) is 82.8 Å². The summed E-state index contributed by atoms with van der Waals surface area (Å²) in [5, 5.41) is 24.4. The zero-order valence-corrected chi connectivity index (χ0v) is 24.1. The second-order valence-corrected chi connectivity index (χ2v) is 11.9. The summed E-state index contributed by atoms with van der Waals surface area (Å²) in [4.78, 5) is 87.9. The summed E-state index contributed by atoms with van der Waals surface area (Å²) in [7, 11) is 0. The van der Waals surface area contributed by atoms with Gasteiger partial charge in [-0.05, 0) is 6.92 Å². The van der Waals surface area contributed by atoms with Crippen LogP contribution < -0.4 is 26.7 Å². The quantitative estimate of drug-likeness (QED) is 0.0526. The first-order valence-electron chi connectivity index (χ1n) is 12.1. The van der Waals surface area contributed by atoms with Gasteiger partial charge in [0.1, 0.15) is 32.7 Å². The molecule has 2 amide bonds. The Balaban J connectivity index is 1.38. The molecule has 0 aliphatic carbocycles. The number of thioether (sulfide) groups is 1. The summed E-state index contributed by atoms with van der Waals surface area (Å²) in [6, 6.07) is 0.371. The van der Waals surface area contributed by atoms with Gasteiger partial charge in [0.2, 0.25) is 6.10 Å². The van der Waals surface area contributed by atoms with E-state index in [1.807, 2.05) is 0 Å². The Morgan fingerprint density at radius 3 is 2.60 bits per heavy atom. The third-order valence-electron chi connectivity index (χ3n) is 6.32. The van der Waals surface area contributed by atoms with E-state index in [2.05, 4.69) is 25.4 Å². The zero-order valence-electron chi connectivity index (χ0n) is 21.7. The summed E-state index contributed by atoms with van der Waals surface area (Å²) in [6.07, 6.45) is 1.66. The molecule has 0 saturated carbocycles. The molecule has 1 unspecified atom stereocenters. The first-order valence-corrected chi connectivity index (χ1v) is 14.3. The molecule has 0 aromatic carbocycles. The number of nitrogens with two attached hydrogens (primary N) is 1. The highest BCUT2D eigenvalue weighted by atomic mass is 35.5. The van der Waals surface area contributed by atoms with Crippen LogP contribution in [0.3, 0.4) is 0 Å². The number of thiazole rings is 1. The van der Waals surface area contributed by atoms with E-state index in [1.165, 1.54) is 30.9 Å². The predicted octanol–water partition coefficient (Wildman–Crippen LogP) is -1.17. The number of aromatic amines is 2. The summed E-state index contributed by atoms with van der Waals surface area (Å²) < 4.78 is 1.55. The SMILES string of the molecule is C[C@H](O/N=C(\C(=O)N[C@@H]1C(=O)N2C(C(=O)O)=C(C[n+]3ccc4[nH]c(=O)c(=O)[nH]c4c3)CSC12)c1nc(N)sc1Cl)C(=O)O. The van der Waals surface area contributed by atoms with E-state index in [0.29, 0.717) is 16.6 Å². The summed E-state index contributed by atoms with van der Waals surface area (Å²) >= 11 is 8.16. The van der Waals surface area contributed by atoms with Gasteiger partial charge in [-0.1, -0.05) is 28.1 Å². The number of oxime groups is 1. The lowest BCUT2D eigenvalue weighted by Gasteiger charge is -2.49. The second-order valence-electron chi connectivity index (χ2n) is 9.17. The van der Waals surface area contributed by atoms with Gasteiger partial charge in [-0.2, -0.15) is 4.57 Å². The highest BCUT2D eigenvalue weighted by Gasteiger charge is 2.55. The molecule has 5 heterocycles. The monoisotopic (exact) mass is 651 g/mol. The van der Waals surface area contributed by atoms with E-state index in [0.717, 1.165) is 16.2 Å². The number of β-lactam (4-membered cyclic amide) rings is 1. The van der Waals surface area contributed by atoms with Crippen molar-refractivity contribution in [3.63, 3.8) is 0 Å². The van der Waals surface area contributed by atoms with Crippen molar-refractivity contribution in [1.82, 2.24) is 25.2 Å². The van der Waals surface area contributed by atoms with E-state index in [9.17, 15) is 33.9 Å². The Morgan fingerprint density at radius 2 is 1.98 bits per heavy atom. The Morgan fingerprint density at radius 1 is 1.28 bits per heavy atom. The number of hydrogen-bond acceptors (Lipinski definition) is 12. The summed E-state index contributed by atoms with van der Waals surface area (Å²) in [5.41, 5.74) is 4.10. The van der Waals surface area contributed by atoms with E-state index >= 15 is 0 Å². The number of amides is 2. The van der Waals surface area contributed by atoms with Crippen molar-refractivity contribution < 1.29 is 38.8 Å². The number of fused-ring (bicyclic) bond motifs is 2. The van der Waals surface area contributed by atoms with Crippen molar-refractivity contribution in [3.05, 3.63) is 60.5 Å². The van der Waals surface area contributed by atoms with Crippen molar-refractivity contribution in [1.29, 1.82) is 0 Å². The molecule has 1 saturated heterocycles. The molecule has 17 nitrogen and oxygen atoms in total. The molecule has 0 radical (unpaired) electrons. The Hall–Kier alpha value is -4.75. The lowest BCUT2D eigenvalue weighted by Crippen LogP contribution is -2.71. The van der Waals surface area contributed by atoms with Gasteiger partial charge in [0.25, 0.3) is 11.8 Å². The minimum atomic E-state index is -1.43. The molecule has 1 fully saturated rings. The van der Waals surface area contributed by atoms with Crippen molar-refractivity contribution in [2.45, 2.75) is 31.0 Å². The van der Waals surface area contributed by atoms with Gasteiger partial charge in [0, 0.05) is 17.4 Å². The maximum atomic E-state index is 13.2. The molecular formula is C23H20ClN8O9S2+. The molecule has 2 aliphatic rings. The number of anilines is 1. The van der Waals surface area contributed by atoms with Crippen molar-refractivity contribution in [2.24, 2.45) is 5.16 Å². The number of carboxylic acid groups (broad SMARTS) is 2. The standard InChI is InChI=1S/C23H19ClN8O9S2/c1-7(21(37)38)41-30-12(11-15(24)43-23(25)29-11)16(33)28-13-19(36)32-14(22(39)40)8(6-42-20(13)32)4-31-3-2-9-10(5-31)27-18(35)17(34)26-9/h2-3,5,7,13,20H,4,6H2,1H3,(H6,25,27,28,29,33,35,37,38,39,40)/p+1/b30-12-/t7-,13+,20?/m0/s1. The van der Waals surface area contributed by atoms with E-state index in [4.69, 9.17) is 27.3 Å². The number of aliphatic carboxylic acids is 2. The number of pyridine rings is 1. The fourth-order valence-corrected chi connectivity index (χ4v) is 6.53. The first kappa shape index (κ1) is 29.7. The highest BCUT2D eigenvalue weighted by molar-refractivity contribution is 8.00. The van der Waals surface area contributed by atoms with Crippen LogP contribution in [0.2, 0.25) is 4.34 Å². The van der Waals surface area contributed by atoms with E-state index in [1.54, 1.807) is 10.8 Å². The molecule has 7 N–H and O–H groups in total. The van der Waals surface area contributed by atoms with Gasteiger partial charge >= 0.3 is 23.1 Å². The number of rotatable bonds is 9. The molecule has 3 atom stereocenters. The van der Waals surface area contributed by atoms with Crippen molar-refractivity contribution in [3.8, 4) is 0 Å². The Kier molecular flexibility index (Phi) is 7.95. The third-order valence-corrected chi connectivity index (χ3v) is 8.74. The van der Waals surface area contributed by atoms with Crippen molar-refractivity contribution >= 4 is 80.3 Å². The predicted molar refractivity (Wildman–Crippen MR) is 151 cm³/mol. The molecule has 3 aromatic rings. The number of carbonyl (C=O) groups is 4. The van der Waals surface area contributed by atoms with Gasteiger partial charge in [-0.25, -0.2) is 14.6 Å². The van der Waals surface area contributed by atoms with Crippen LogP contribution in [0.4, 0.5) is 5.13 Å². The molecule has 5 rings (SSSR count). The molecule has 224 valence electrons. The maximum absolute atomic E-state index is 13.2. The molecule has 0 spiro atoms. The molecule has 20 heteroatoms. The van der Waals surface area contributed by atoms with Gasteiger partial charge in [-0.15, -0.1) is 11.8 Å². The van der Waals surface area contributed by atoms with Crippen LogP contribution in [0, 0.1) is 0 Å². The third kappa shape index (κ3) is 5.68. The van der Waals surface area contributed by atoms with E-state index in [-0.39, 0.29) is 33.2 Å². The number of nitrogens with one attached hydrogen (secondary N) is 3. The van der Waals surface area contributed by atoms with Crippen molar-refractivity contribution in [2.75, 3.05) is 11.5 Å². The molecule has 0 bridgehead atoms. The van der Waals surface area contributed by atoms with Gasteiger partial charge in [0.15, 0.2) is 29.8 Å². The number of H-pyrrole nitrogens is 2. The number of nitrogens with zero attached hydrogens (tertiary/aromatic N) is 4. The number of hydrogen-bond donors (Lipinski definition) is 6. The molecular weight excluding hydrogens is 632 g/mol. The Labute approximate surface area is 252 Å². The summed E-state index contributed by atoms with van der Waals surface area (Å²) in [5.74, 6) is -4.24. The molecule has 43 heavy (non-hydrogen) atoms. The average Bonchev–Trinajstić information content (AvgIpc) is 3.28. The van der Waals surface area contributed by atoms with Crippen LogP contribution in [0.25, 0.3) is 11.0 Å². The van der Waals surface area contributed by atoms with Gasteiger partial charge in [0.05, 0.1) is 5.52 Å². The average molecular weight is 652 g/mol. The first-order chi connectivity index (χ1) is 20.3. The fraction of sp³-hybridized carbons (Fsp3) is 0.261.